The van der Waals surface area contributed by atoms with E-state index in [1.165, 1.54) is 25.5 Å². The maximum Gasteiger partial charge on any atom is 0.377 e. The van der Waals surface area contributed by atoms with E-state index in [4.69, 9.17) is 0 Å². The molecule has 0 aliphatic carbocycles. The predicted molar refractivity (Wildman–Crippen MR) is 81.2 cm³/mol. The lowest BCUT2D eigenvalue weighted by Crippen LogP contribution is -2.33. The number of hydrogen-bond donors (Lipinski definition) is 0. The van der Waals surface area contributed by atoms with Crippen LogP contribution in [0.2, 0.25) is 0 Å². The van der Waals surface area contributed by atoms with Crippen molar-refractivity contribution in [2.75, 3.05) is 13.7 Å². The van der Waals surface area contributed by atoms with E-state index >= 15 is 0 Å². The van der Waals surface area contributed by atoms with Gasteiger partial charge in [-0.3, -0.25) is 4.90 Å². The fourth-order valence-electron chi connectivity index (χ4n) is 2.93. The third-order valence-corrected chi connectivity index (χ3v) is 4.04. The van der Waals surface area contributed by atoms with Gasteiger partial charge in [0.25, 0.3) is 5.82 Å². The Labute approximate surface area is 129 Å². The SMILES string of the molecule is COC(=O)c1ncn(CN2CCC[C@H]2Cc2ccccc2)n1. The zero-order chi connectivity index (χ0) is 15.4. The van der Waals surface area contributed by atoms with Crippen molar-refractivity contribution < 1.29 is 9.53 Å². The molecule has 1 saturated heterocycles. The van der Waals surface area contributed by atoms with Crippen molar-refractivity contribution >= 4 is 5.97 Å². The molecule has 22 heavy (non-hydrogen) atoms. The van der Waals surface area contributed by atoms with Crippen LogP contribution in [0.1, 0.15) is 29.0 Å². The van der Waals surface area contributed by atoms with E-state index in [-0.39, 0.29) is 5.82 Å². The van der Waals surface area contributed by atoms with Crippen molar-refractivity contribution in [2.45, 2.75) is 32.0 Å². The number of rotatable bonds is 5. The highest BCUT2D eigenvalue weighted by Crippen LogP contribution is 2.21. The molecule has 1 fully saturated rings. The average molecular weight is 300 g/mol. The second-order valence-corrected chi connectivity index (χ2v) is 5.54. The number of benzene rings is 1. The Hall–Kier alpha value is -2.21. The maximum absolute atomic E-state index is 11.4. The van der Waals surface area contributed by atoms with Crippen molar-refractivity contribution in [1.29, 1.82) is 0 Å². The summed E-state index contributed by atoms with van der Waals surface area (Å²) < 4.78 is 6.33. The fraction of sp³-hybridized carbons (Fsp3) is 0.438. The van der Waals surface area contributed by atoms with E-state index in [1.54, 1.807) is 11.0 Å². The molecule has 1 aliphatic heterocycles. The molecule has 0 saturated carbocycles. The lowest BCUT2D eigenvalue weighted by atomic mass is 10.0. The van der Waals surface area contributed by atoms with Crippen molar-refractivity contribution in [2.24, 2.45) is 0 Å². The zero-order valence-electron chi connectivity index (χ0n) is 12.7. The summed E-state index contributed by atoms with van der Waals surface area (Å²) >= 11 is 0. The smallest absolute Gasteiger partial charge is 0.377 e. The minimum atomic E-state index is -0.499. The Bertz CT molecular complexity index is 626. The van der Waals surface area contributed by atoms with E-state index in [1.807, 2.05) is 6.07 Å². The van der Waals surface area contributed by atoms with Crippen LogP contribution in [0.25, 0.3) is 0 Å². The highest BCUT2D eigenvalue weighted by molar-refractivity contribution is 5.84. The highest BCUT2D eigenvalue weighted by Gasteiger charge is 2.25. The number of esters is 1. The van der Waals surface area contributed by atoms with Crippen LogP contribution in [0.15, 0.2) is 36.7 Å². The zero-order valence-corrected chi connectivity index (χ0v) is 12.7. The van der Waals surface area contributed by atoms with Gasteiger partial charge in [-0.25, -0.2) is 14.5 Å². The molecule has 1 atom stereocenters. The molecule has 3 rings (SSSR count). The van der Waals surface area contributed by atoms with Gasteiger partial charge < -0.3 is 4.74 Å². The molecule has 0 radical (unpaired) electrons. The summed E-state index contributed by atoms with van der Waals surface area (Å²) in [7, 11) is 1.33. The molecule has 2 heterocycles. The summed E-state index contributed by atoms with van der Waals surface area (Å²) in [5, 5.41) is 4.18. The largest absolute Gasteiger partial charge is 0.463 e. The topological polar surface area (TPSA) is 60.2 Å². The van der Waals surface area contributed by atoms with Gasteiger partial charge >= 0.3 is 5.97 Å². The predicted octanol–water partition coefficient (Wildman–Crippen LogP) is 1.73. The first-order valence-electron chi connectivity index (χ1n) is 7.52. The van der Waals surface area contributed by atoms with E-state index in [0.29, 0.717) is 12.7 Å². The van der Waals surface area contributed by atoms with Crippen molar-refractivity contribution in [3.05, 3.63) is 48.0 Å². The molecule has 1 aromatic heterocycles. The van der Waals surface area contributed by atoms with Crippen LogP contribution in [-0.2, 0) is 17.8 Å². The summed E-state index contributed by atoms with van der Waals surface area (Å²) in [6, 6.07) is 11.0. The van der Waals surface area contributed by atoms with Crippen LogP contribution in [0.5, 0.6) is 0 Å². The summed E-state index contributed by atoms with van der Waals surface area (Å²) in [6.45, 7) is 1.70. The standard InChI is InChI=1S/C16H20N4O2/c1-22-16(21)15-17-11-20(18-15)12-19-9-5-8-14(19)10-13-6-3-2-4-7-13/h2-4,6-7,11,14H,5,8-10,12H2,1H3/t14-/m0/s1. The Morgan fingerprint density at radius 3 is 2.95 bits per heavy atom. The van der Waals surface area contributed by atoms with Gasteiger partial charge in [-0.1, -0.05) is 30.3 Å². The van der Waals surface area contributed by atoms with Gasteiger partial charge in [0, 0.05) is 12.6 Å². The Balaban J connectivity index is 1.63. The number of carbonyl (C=O) groups is 1. The minimum absolute atomic E-state index is 0.112. The molecule has 2 aromatic rings. The Kier molecular flexibility index (Phi) is 4.48. The molecular weight excluding hydrogens is 280 g/mol. The number of likely N-dealkylation sites (tertiary alicyclic amines) is 1. The first-order valence-corrected chi connectivity index (χ1v) is 7.52. The number of nitrogens with zero attached hydrogens (tertiary/aromatic N) is 4. The molecular formula is C16H20N4O2. The van der Waals surface area contributed by atoms with Gasteiger partial charge in [0.2, 0.25) is 0 Å². The van der Waals surface area contributed by atoms with E-state index in [0.717, 1.165) is 13.0 Å². The van der Waals surface area contributed by atoms with Gasteiger partial charge in [0.05, 0.1) is 13.8 Å². The summed E-state index contributed by atoms with van der Waals surface area (Å²) in [6.07, 6.45) is 5.01. The van der Waals surface area contributed by atoms with Crippen molar-refractivity contribution in [3.8, 4) is 0 Å². The number of hydrogen-bond acceptors (Lipinski definition) is 5. The first-order chi connectivity index (χ1) is 10.8. The number of ether oxygens (including phenoxy) is 1. The maximum atomic E-state index is 11.4. The van der Waals surface area contributed by atoms with Crippen molar-refractivity contribution in [3.63, 3.8) is 0 Å². The molecule has 6 heteroatoms. The van der Waals surface area contributed by atoms with Crippen LogP contribution in [0, 0.1) is 0 Å². The van der Waals surface area contributed by atoms with Crippen LogP contribution < -0.4 is 0 Å². The monoisotopic (exact) mass is 300 g/mol. The lowest BCUT2D eigenvalue weighted by molar-refractivity contribution is 0.0585. The van der Waals surface area contributed by atoms with E-state index in [9.17, 15) is 4.79 Å². The summed E-state index contributed by atoms with van der Waals surface area (Å²) in [5.74, 6) is -0.387. The van der Waals surface area contributed by atoms with Gasteiger partial charge in [-0.15, -0.1) is 5.10 Å². The Morgan fingerprint density at radius 1 is 1.36 bits per heavy atom. The lowest BCUT2D eigenvalue weighted by Gasteiger charge is -2.24. The average Bonchev–Trinajstić information content (AvgIpc) is 3.18. The molecule has 0 amide bonds. The quantitative estimate of drug-likeness (QED) is 0.787. The van der Waals surface area contributed by atoms with Crippen LogP contribution in [-0.4, -0.2) is 45.3 Å². The third-order valence-electron chi connectivity index (χ3n) is 4.04. The van der Waals surface area contributed by atoms with Crippen LogP contribution in [0.3, 0.4) is 0 Å². The fourth-order valence-corrected chi connectivity index (χ4v) is 2.93. The third kappa shape index (κ3) is 3.33. The first kappa shape index (κ1) is 14.7. The molecule has 0 bridgehead atoms. The molecule has 0 unspecified atom stereocenters. The number of methoxy groups -OCH3 is 1. The number of carbonyl (C=O) groups excluding carboxylic acids is 1. The molecule has 116 valence electrons. The molecule has 0 N–H and O–H groups in total. The van der Waals surface area contributed by atoms with Gasteiger partial charge in [0.1, 0.15) is 6.33 Å². The van der Waals surface area contributed by atoms with Gasteiger partial charge in [-0.2, -0.15) is 0 Å². The van der Waals surface area contributed by atoms with Crippen molar-refractivity contribution in [1.82, 2.24) is 19.7 Å². The second kappa shape index (κ2) is 6.70. The molecule has 1 aliphatic rings. The normalized spacial score (nSPS) is 18.5. The summed E-state index contributed by atoms with van der Waals surface area (Å²) in [5.41, 5.74) is 1.35. The van der Waals surface area contributed by atoms with Gasteiger partial charge in [-0.05, 0) is 24.8 Å². The summed E-state index contributed by atoms with van der Waals surface area (Å²) in [4.78, 5) is 17.8. The van der Waals surface area contributed by atoms with Gasteiger partial charge in [0.15, 0.2) is 0 Å². The van der Waals surface area contributed by atoms with E-state index in [2.05, 4.69) is 44.0 Å². The second-order valence-electron chi connectivity index (χ2n) is 5.54. The van der Waals surface area contributed by atoms with Crippen LogP contribution in [0.4, 0.5) is 0 Å². The van der Waals surface area contributed by atoms with Crippen LogP contribution >= 0.6 is 0 Å². The highest BCUT2D eigenvalue weighted by atomic mass is 16.5. The Morgan fingerprint density at radius 2 is 2.18 bits per heavy atom. The molecule has 1 aromatic carbocycles. The number of aromatic nitrogens is 3. The minimum Gasteiger partial charge on any atom is -0.463 e. The molecule has 0 spiro atoms. The van der Waals surface area contributed by atoms with E-state index < -0.39 is 5.97 Å². The molecule has 6 nitrogen and oxygen atoms in total.